The Morgan fingerprint density at radius 3 is 2.35 bits per heavy atom. The van der Waals surface area contributed by atoms with Crippen LogP contribution < -0.4 is 5.32 Å². The third kappa shape index (κ3) is 4.05. The Hall–Kier alpha value is -1.91. The largest absolute Gasteiger partial charge is 0.341 e. The molecule has 1 aromatic rings. The third-order valence-corrected chi connectivity index (χ3v) is 3.01. The molecule has 0 aliphatic carbocycles. The van der Waals surface area contributed by atoms with Gasteiger partial charge in [-0.25, -0.2) is 4.39 Å². The van der Waals surface area contributed by atoms with E-state index in [-0.39, 0.29) is 23.5 Å². The van der Waals surface area contributed by atoms with Gasteiger partial charge in [-0.2, -0.15) is 0 Å². The molecule has 0 aromatic heterocycles. The molecule has 0 radical (unpaired) electrons. The number of aryl methyl sites for hydroxylation is 1. The zero-order chi connectivity index (χ0) is 15.3. The van der Waals surface area contributed by atoms with Crippen molar-refractivity contribution in [2.24, 2.45) is 5.92 Å². The number of nitrogens with zero attached hydrogens (tertiary/aromatic N) is 1. The van der Waals surface area contributed by atoms with Gasteiger partial charge in [0.1, 0.15) is 5.82 Å². The van der Waals surface area contributed by atoms with Crippen LogP contribution in [0.1, 0.15) is 26.3 Å². The summed E-state index contributed by atoms with van der Waals surface area (Å²) in [6, 6.07) is 4.39. The highest BCUT2D eigenvalue weighted by atomic mass is 19.1. The molecular weight excluding hydrogens is 259 g/mol. The highest BCUT2D eigenvalue weighted by molar-refractivity contribution is 5.94. The lowest BCUT2D eigenvalue weighted by Crippen LogP contribution is -2.53. The zero-order valence-corrected chi connectivity index (χ0v) is 12.4. The van der Waals surface area contributed by atoms with Gasteiger partial charge in [-0.3, -0.25) is 9.59 Å². The van der Waals surface area contributed by atoms with E-state index in [0.29, 0.717) is 18.8 Å². The lowest BCUT2D eigenvalue weighted by Gasteiger charge is -2.37. The molecule has 2 amide bonds. The van der Waals surface area contributed by atoms with Crippen LogP contribution in [0, 0.1) is 18.7 Å². The van der Waals surface area contributed by atoms with E-state index in [9.17, 15) is 14.0 Å². The summed E-state index contributed by atoms with van der Waals surface area (Å²) in [6.07, 6.45) is 0. The van der Waals surface area contributed by atoms with Crippen LogP contribution in [0.4, 0.5) is 10.1 Å². The fourth-order valence-corrected chi connectivity index (χ4v) is 1.95. The summed E-state index contributed by atoms with van der Waals surface area (Å²) in [7, 11) is 0. The number of halogens is 1. The van der Waals surface area contributed by atoms with Crippen LogP contribution in [0.2, 0.25) is 0 Å². The fraction of sp³-hybridized carbons (Fsp3) is 0.467. The number of likely N-dealkylation sites (tertiary alicyclic amines) is 1. The summed E-state index contributed by atoms with van der Waals surface area (Å²) >= 11 is 0. The van der Waals surface area contributed by atoms with Crippen molar-refractivity contribution in [3.8, 4) is 0 Å². The predicted octanol–water partition coefficient (Wildman–Crippen LogP) is 2.58. The van der Waals surface area contributed by atoms with E-state index in [4.69, 9.17) is 0 Å². The first kappa shape index (κ1) is 16.1. The molecule has 4 nitrogen and oxygen atoms in total. The first-order chi connectivity index (χ1) is 9.45. The van der Waals surface area contributed by atoms with Crippen molar-refractivity contribution in [2.75, 3.05) is 18.4 Å². The minimum Gasteiger partial charge on any atom is -0.341 e. The Morgan fingerprint density at radius 1 is 1.25 bits per heavy atom. The van der Waals surface area contributed by atoms with Gasteiger partial charge in [-0.1, -0.05) is 13.8 Å². The van der Waals surface area contributed by atoms with Crippen LogP contribution >= 0.6 is 0 Å². The quantitative estimate of drug-likeness (QED) is 0.905. The van der Waals surface area contributed by atoms with E-state index < -0.39 is 0 Å². The van der Waals surface area contributed by atoms with Gasteiger partial charge in [-0.15, -0.1) is 0 Å². The maximum atomic E-state index is 13.1. The number of benzene rings is 1. The summed E-state index contributed by atoms with van der Waals surface area (Å²) in [4.78, 5) is 24.4. The minimum absolute atomic E-state index is 0.0272. The van der Waals surface area contributed by atoms with Gasteiger partial charge >= 0.3 is 0 Å². The number of hydrogen-bond donors (Lipinski definition) is 1. The van der Waals surface area contributed by atoms with Gasteiger partial charge in [0.15, 0.2) is 0 Å². The first-order valence-electron chi connectivity index (χ1n) is 6.79. The molecule has 1 aromatic carbocycles. The normalized spacial score (nSPS) is 13.9. The minimum atomic E-state index is -0.371. The molecular formula is C15H21FN2O2. The van der Waals surface area contributed by atoms with Crippen LogP contribution in [-0.2, 0) is 9.59 Å². The number of rotatable bonds is 2. The number of nitrogens with one attached hydrogen (secondary N) is 1. The molecule has 2 rings (SSSR count). The van der Waals surface area contributed by atoms with Crippen molar-refractivity contribution < 1.29 is 14.0 Å². The van der Waals surface area contributed by atoms with Gasteiger partial charge in [0, 0.05) is 25.7 Å². The molecule has 1 saturated heterocycles. The van der Waals surface area contributed by atoms with Crippen LogP contribution in [0.15, 0.2) is 18.2 Å². The van der Waals surface area contributed by atoms with E-state index in [2.05, 4.69) is 5.32 Å². The van der Waals surface area contributed by atoms with Gasteiger partial charge in [0.2, 0.25) is 11.8 Å². The van der Waals surface area contributed by atoms with Crippen LogP contribution in [0.3, 0.4) is 0 Å². The van der Waals surface area contributed by atoms with Gasteiger partial charge in [-0.05, 0) is 30.7 Å². The number of amides is 2. The summed E-state index contributed by atoms with van der Waals surface area (Å²) in [5.74, 6) is -0.764. The molecule has 1 aliphatic heterocycles. The highest BCUT2D eigenvalue weighted by Crippen LogP contribution is 2.19. The summed E-state index contributed by atoms with van der Waals surface area (Å²) in [5, 5.41) is 2.67. The Kier molecular flexibility index (Phi) is 5.67. The molecule has 110 valence electrons. The van der Waals surface area contributed by atoms with Crippen molar-refractivity contribution in [1.29, 1.82) is 0 Å². The van der Waals surface area contributed by atoms with E-state index in [0.717, 1.165) is 5.56 Å². The molecule has 0 saturated carbocycles. The second-order valence-electron chi connectivity index (χ2n) is 4.63. The fourth-order valence-electron chi connectivity index (χ4n) is 1.95. The molecule has 5 heteroatoms. The Bertz CT molecular complexity index is 476. The topological polar surface area (TPSA) is 49.4 Å². The molecule has 1 heterocycles. The number of anilines is 1. The number of carbonyl (C=O) groups is 2. The van der Waals surface area contributed by atoms with Gasteiger partial charge < -0.3 is 10.2 Å². The monoisotopic (exact) mass is 280 g/mol. The SMILES string of the molecule is CC.CC(=O)N1CC(C(=O)Nc2cc(C)cc(F)c2)C1. The van der Waals surface area contributed by atoms with E-state index in [1.807, 2.05) is 13.8 Å². The second kappa shape index (κ2) is 7.03. The summed E-state index contributed by atoms with van der Waals surface area (Å²) in [5.41, 5.74) is 1.21. The van der Waals surface area contributed by atoms with Gasteiger partial charge in [0.05, 0.1) is 5.92 Å². The smallest absolute Gasteiger partial charge is 0.231 e. The lowest BCUT2D eigenvalue weighted by molar-refractivity contribution is -0.139. The lowest BCUT2D eigenvalue weighted by atomic mass is 9.99. The average molecular weight is 280 g/mol. The number of carbonyl (C=O) groups excluding carboxylic acids is 2. The van der Waals surface area contributed by atoms with Crippen molar-refractivity contribution in [2.45, 2.75) is 27.7 Å². The molecule has 20 heavy (non-hydrogen) atoms. The Balaban J connectivity index is 0.000000956. The maximum absolute atomic E-state index is 13.1. The number of hydrogen-bond acceptors (Lipinski definition) is 2. The molecule has 1 N–H and O–H groups in total. The summed E-state index contributed by atoms with van der Waals surface area (Å²) < 4.78 is 13.1. The van der Waals surface area contributed by atoms with E-state index in [1.165, 1.54) is 19.1 Å². The van der Waals surface area contributed by atoms with Crippen molar-refractivity contribution in [3.05, 3.63) is 29.6 Å². The zero-order valence-electron chi connectivity index (χ0n) is 12.4. The third-order valence-electron chi connectivity index (χ3n) is 3.01. The van der Waals surface area contributed by atoms with Gasteiger partial charge in [0.25, 0.3) is 0 Å². The standard InChI is InChI=1S/C13H15FN2O2.C2H6/c1-8-3-11(14)5-12(4-8)15-13(18)10-6-16(7-10)9(2)17;1-2/h3-5,10H,6-7H2,1-2H3,(H,15,18);1-2H3. The van der Waals surface area contributed by atoms with E-state index >= 15 is 0 Å². The van der Waals surface area contributed by atoms with Crippen LogP contribution in [0.5, 0.6) is 0 Å². The highest BCUT2D eigenvalue weighted by Gasteiger charge is 2.34. The van der Waals surface area contributed by atoms with E-state index in [1.54, 1.807) is 17.9 Å². The van der Waals surface area contributed by atoms with Crippen LogP contribution in [0.25, 0.3) is 0 Å². The summed E-state index contributed by atoms with van der Waals surface area (Å²) in [6.45, 7) is 8.12. The molecule has 0 atom stereocenters. The molecule has 0 spiro atoms. The van der Waals surface area contributed by atoms with Crippen molar-refractivity contribution in [1.82, 2.24) is 4.90 Å². The Labute approximate surface area is 119 Å². The molecule has 1 aliphatic rings. The molecule has 0 bridgehead atoms. The van der Waals surface area contributed by atoms with Crippen LogP contribution in [-0.4, -0.2) is 29.8 Å². The van der Waals surface area contributed by atoms with Crippen molar-refractivity contribution in [3.63, 3.8) is 0 Å². The predicted molar refractivity (Wildman–Crippen MR) is 76.9 cm³/mol. The Morgan fingerprint density at radius 2 is 1.85 bits per heavy atom. The first-order valence-corrected chi connectivity index (χ1v) is 6.79. The molecule has 1 fully saturated rings. The molecule has 0 unspecified atom stereocenters. The van der Waals surface area contributed by atoms with Crippen molar-refractivity contribution >= 4 is 17.5 Å². The second-order valence-corrected chi connectivity index (χ2v) is 4.63. The maximum Gasteiger partial charge on any atom is 0.231 e. The average Bonchev–Trinajstić information content (AvgIpc) is 2.27.